The quantitative estimate of drug-likeness (QED) is 0.364. The largest absolute Gasteiger partial charge is 0.493 e. The van der Waals surface area contributed by atoms with Crippen LogP contribution in [0.15, 0.2) is 42.5 Å². The van der Waals surface area contributed by atoms with Gasteiger partial charge in [-0.1, -0.05) is 44.0 Å². The normalized spacial score (nSPS) is 18.6. The van der Waals surface area contributed by atoms with Crippen LogP contribution in [0.4, 0.5) is 5.69 Å². The van der Waals surface area contributed by atoms with Crippen molar-refractivity contribution in [1.82, 2.24) is 0 Å². The molecule has 1 aliphatic rings. The summed E-state index contributed by atoms with van der Waals surface area (Å²) in [5.41, 5.74) is 4.68. The number of alkyl halides is 1. The molecule has 0 aromatic heterocycles. The van der Waals surface area contributed by atoms with Crippen LogP contribution >= 0.6 is 11.6 Å². The monoisotopic (exact) mass is 429 g/mol. The van der Waals surface area contributed by atoms with E-state index < -0.39 is 5.97 Å². The summed E-state index contributed by atoms with van der Waals surface area (Å²) < 4.78 is 5.74. The van der Waals surface area contributed by atoms with Crippen LogP contribution in [0.3, 0.4) is 0 Å². The Balaban J connectivity index is 1.76. The third-order valence-electron chi connectivity index (χ3n) is 5.79. The molecule has 1 heterocycles. The van der Waals surface area contributed by atoms with Crippen molar-refractivity contribution in [3.05, 3.63) is 59.2 Å². The van der Waals surface area contributed by atoms with Crippen LogP contribution in [0.5, 0.6) is 5.75 Å². The van der Waals surface area contributed by atoms with Crippen molar-refractivity contribution in [2.45, 2.75) is 63.8 Å². The Morgan fingerprint density at radius 2 is 1.97 bits per heavy atom. The number of nitrogens with zero attached hydrogens (tertiary/aromatic N) is 1. The number of aryl methyl sites for hydroxylation is 2. The average Bonchev–Trinajstić information content (AvgIpc) is 3.11. The number of carboxylic acids is 1. The Morgan fingerprint density at radius 3 is 2.67 bits per heavy atom. The molecule has 0 saturated carbocycles. The van der Waals surface area contributed by atoms with Crippen LogP contribution in [0.2, 0.25) is 0 Å². The molecule has 1 saturated heterocycles. The third-order valence-corrected chi connectivity index (χ3v) is 6.25. The van der Waals surface area contributed by atoms with Gasteiger partial charge in [-0.2, -0.15) is 0 Å². The summed E-state index contributed by atoms with van der Waals surface area (Å²) in [6.07, 6.45) is 5.79. The number of carbonyl (C=O) groups is 1. The first-order valence-corrected chi connectivity index (χ1v) is 11.4. The van der Waals surface area contributed by atoms with E-state index in [-0.39, 0.29) is 24.4 Å². The average molecular weight is 430 g/mol. The van der Waals surface area contributed by atoms with Gasteiger partial charge >= 0.3 is 5.97 Å². The maximum absolute atomic E-state index is 10.8. The van der Waals surface area contributed by atoms with Gasteiger partial charge in [-0.15, -0.1) is 11.6 Å². The first kappa shape index (κ1) is 22.5. The highest BCUT2D eigenvalue weighted by Gasteiger charge is 2.34. The van der Waals surface area contributed by atoms with Crippen molar-refractivity contribution in [3.63, 3.8) is 0 Å². The highest BCUT2D eigenvalue weighted by Crippen LogP contribution is 2.40. The van der Waals surface area contributed by atoms with Gasteiger partial charge < -0.3 is 14.7 Å². The minimum absolute atomic E-state index is 0.0119. The first-order chi connectivity index (χ1) is 14.5. The van der Waals surface area contributed by atoms with E-state index in [1.807, 2.05) is 19.1 Å². The Morgan fingerprint density at radius 1 is 1.20 bits per heavy atom. The number of ether oxygens (including phenoxy) is 1. The molecule has 0 aliphatic carbocycles. The van der Waals surface area contributed by atoms with Crippen LogP contribution in [-0.2, 0) is 11.2 Å². The molecule has 162 valence electrons. The fourth-order valence-corrected chi connectivity index (χ4v) is 4.45. The SMILES string of the molecule is CCCCCc1ccc(N2CCC(Cl)C2c2ccc(C)c(OCCC(=O)O)c2)cc1. The number of hydrogen-bond donors (Lipinski definition) is 1. The highest BCUT2D eigenvalue weighted by molar-refractivity contribution is 6.21. The lowest BCUT2D eigenvalue weighted by Gasteiger charge is -2.29. The molecule has 0 radical (unpaired) electrons. The van der Waals surface area contributed by atoms with Crippen molar-refractivity contribution in [2.24, 2.45) is 0 Å². The summed E-state index contributed by atoms with van der Waals surface area (Å²) in [6.45, 7) is 5.28. The number of halogens is 1. The fourth-order valence-electron chi connectivity index (χ4n) is 4.07. The van der Waals surface area contributed by atoms with Crippen LogP contribution in [0.25, 0.3) is 0 Å². The summed E-state index contributed by atoms with van der Waals surface area (Å²) in [6, 6.07) is 15.1. The predicted octanol–water partition coefficient (Wildman–Crippen LogP) is 6.14. The molecule has 5 heteroatoms. The van der Waals surface area contributed by atoms with Gasteiger partial charge in [0, 0.05) is 12.2 Å². The molecule has 4 nitrogen and oxygen atoms in total. The maximum Gasteiger partial charge on any atom is 0.306 e. The molecule has 0 bridgehead atoms. The van der Waals surface area contributed by atoms with Gasteiger partial charge in [-0.05, 0) is 61.1 Å². The van der Waals surface area contributed by atoms with Crippen LogP contribution in [0.1, 0.15) is 61.8 Å². The zero-order valence-electron chi connectivity index (χ0n) is 17.9. The molecule has 2 unspecified atom stereocenters. The summed E-state index contributed by atoms with van der Waals surface area (Å²) in [5.74, 6) is -0.125. The highest BCUT2D eigenvalue weighted by atomic mass is 35.5. The molecular formula is C25H32ClNO3. The maximum atomic E-state index is 10.8. The molecule has 3 rings (SSSR count). The van der Waals surface area contributed by atoms with E-state index in [0.29, 0.717) is 0 Å². The van der Waals surface area contributed by atoms with E-state index >= 15 is 0 Å². The topological polar surface area (TPSA) is 49.8 Å². The van der Waals surface area contributed by atoms with Gasteiger partial charge in [-0.25, -0.2) is 0 Å². The Kier molecular flexibility index (Phi) is 8.03. The third kappa shape index (κ3) is 5.69. The van der Waals surface area contributed by atoms with Gasteiger partial charge in [-0.3, -0.25) is 4.79 Å². The van der Waals surface area contributed by atoms with Crippen molar-refractivity contribution in [2.75, 3.05) is 18.1 Å². The van der Waals surface area contributed by atoms with Crippen molar-refractivity contribution in [1.29, 1.82) is 0 Å². The first-order valence-electron chi connectivity index (χ1n) is 10.9. The molecule has 0 spiro atoms. The lowest BCUT2D eigenvalue weighted by Crippen LogP contribution is -2.25. The number of hydrogen-bond acceptors (Lipinski definition) is 3. The second-order valence-electron chi connectivity index (χ2n) is 8.08. The molecule has 0 amide bonds. The smallest absolute Gasteiger partial charge is 0.306 e. The summed E-state index contributed by atoms with van der Waals surface area (Å²) in [5, 5.41) is 8.88. The van der Waals surface area contributed by atoms with Crippen LogP contribution in [-0.4, -0.2) is 29.6 Å². The molecule has 1 aliphatic heterocycles. The number of benzene rings is 2. The Bertz CT molecular complexity index is 837. The van der Waals surface area contributed by atoms with Gasteiger partial charge in [0.2, 0.25) is 0 Å². The minimum Gasteiger partial charge on any atom is -0.493 e. The van der Waals surface area contributed by atoms with E-state index in [9.17, 15) is 4.79 Å². The second-order valence-corrected chi connectivity index (χ2v) is 8.64. The molecule has 30 heavy (non-hydrogen) atoms. The lowest BCUT2D eigenvalue weighted by atomic mass is 10.0. The van der Waals surface area contributed by atoms with E-state index in [1.54, 1.807) is 0 Å². The number of carboxylic acid groups (broad SMARTS) is 1. The number of aliphatic carboxylic acids is 1. The van der Waals surface area contributed by atoms with Gasteiger partial charge in [0.1, 0.15) is 5.75 Å². The summed E-state index contributed by atoms with van der Waals surface area (Å²) in [7, 11) is 0. The molecular weight excluding hydrogens is 398 g/mol. The molecule has 2 aromatic carbocycles. The number of rotatable bonds is 10. The summed E-state index contributed by atoms with van der Waals surface area (Å²) >= 11 is 6.75. The van der Waals surface area contributed by atoms with E-state index in [4.69, 9.17) is 21.4 Å². The van der Waals surface area contributed by atoms with Gasteiger partial charge in [0.05, 0.1) is 24.4 Å². The second kappa shape index (κ2) is 10.7. The van der Waals surface area contributed by atoms with Crippen molar-refractivity contribution in [3.8, 4) is 5.75 Å². The molecule has 2 atom stereocenters. The number of unbranched alkanes of at least 4 members (excludes halogenated alkanes) is 2. The molecule has 1 N–H and O–H groups in total. The minimum atomic E-state index is -0.857. The Labute approximate surface area is 184 Å². The van der Waals surface area contributed by atoms with E-state index in [1.165, 1.54) is 30.5 Å². The van der Waals surface area contributed by atoms with E-state index in [2.05, 4.69) is 42.2 Å². The zero-order valence-corrected chi connectivity index (χ0v) is 18.7. The van der Waals surface area contributed by atoms with Crippen molar-refractivity contribution >= 4 is 23.3 Å². The number of anilines is 1. The predicted molar refractivity (Wildman–Crippen MR) is 123 cm³/mol. The Hall–Kier alpha value is -2.20. The van der Waals surface area contributed by atoms with Crippen LogP contribution in [0, 0.1) is 6.92 Å². The van der Waals surface area contributed by atoms with Crippen molar-refractivity contribution < 1.29 is 14.6 Å². The fraction of sp³-hybridized carbons (Fsp3) is 0.480. The zero-order chi connectivity index (χ0) is 21.5. The van der Waals surface area contributed by atoms with Gasteiger partial charge in [0.15, 0.2) is 0 Å². The van der Waals surface area contributed by atoms with Crippen LogP contribution < -0.4 is 9.64 Å². The summed E-state index contributed by atoms with van der Waals surface area (Å²) in [4.78, 5) is 13.2. The lowest BCUT2D eigenvalue weighted by molar-refractivity contribution is -0.137. The van der Waals surface area contributed by atoms with Gasteiger partial charge in [0.25, 0.3) is 0 Å². The van der Waals surface area contributed by atoms with E-state index in [0.717, 1.165) is 36.3 Å². The molecule has 2 aromatic rings. The standard InChI is InChI=1S/C25H32ClNO3/c1-3-4-5-6-19-8-11-21(12-9-19)27-15-13-22(26)25(27)20-10-7-18(2)23(17-20)30-16-14-24(28)29/h7-12,17,22,25H,3-6,13-16H2,1-2H3,(H,28,29). The molecule has 1 fully saturated rings.